The molecular formula is C22H27N5O2S. The minimum absolute atomic E-state index is 0.332. The quantitative estimate of drug-likeness (QED) is 0.657. The normalized spacial score (nSPS) is 15.8. The summed E-state index contributed by atoms with van der Waals surface area (Å²) in [7, 11) is -0.312. The Labute approximate surface area is 177 Å². The lowest BCUT2D eigenvalue weighted by molar-refractivity contribution is 0.325. The molecule has 158 valence electrons. The van der Waals surface area contributed by atoms with Gasteiger partial charge in [0.25, 0.3) is 10.2 Å². The molecule has 2 aromatic carbocycles. The van der Waals surface area contributed by atoms with Gasteiger partial charge in [-0.3, -0.25) is 0 Å². The molecule has 30 heavy (non-hydrogen) atoms. The Morgan fingerprint density at radius 3 is 2.57 bits per heavy atom. The van der Waals surface area contributed by atoms with Crippen molar-refractivity contribution >= 4 is 26.9 Å². The summed E-state index contributed by atoms with van der Waals surface area (Å²) in [5.74, 6) is 1.06. The van der Waals surface area contributed by atoms with Crippen molar-refractivity contribution < 1.29 is 8.42 Å². The van der Waals surface area contributed by atoms with Crippen molar-refractivity contribution in [3.05, 3.63) is 54.7 Å². The molecule has 1 aromatic heterocycles. The molecule has 3 aromatic rings. The van der Waals surface area contributed by atoms with Crippen molar-refractivity contribution in [2.45, 2.75) is 12.8 Å². The third-order valence-corrected chi connectivity index (χ3v) is 7.25. The first-order chi connectivity index (χ1) is 14.5. The first-order valence-corrected chi connectivity index (χ1v) is 11.6. The SMILES string of the molecule is CNS(=O)(=O)N(C)CC1CCN(c2nccc(-c3ccc4ccccc4c3)n2)CC1. The van der Waals surface area contributed by atoms with Crippen LogP contribution >= 0.6 is 0 Å². The van der Waals surface area contributed by atoms with E-state index in [1.54, 1.807) is 7.05 Å². The molecule has 1 saturated heterocycles. The second kappa shape index (κ2) is 8.67. The Bertz CT molecular complexity index is 1130. The first kappa shape index (κ1) is 20.7. The summed E-state index contributed by atoms with van der Waals surface area (Å²) in [5.41, 5.74) is 1.99. The summed E-state index contributed by atoms with van der Waals surface area (Å²) in [6.45, 7) is 2.16. The van der Waals surface area contributed by atoms with Gasteiger partial charge in [0.2, 0.25) is 5.95 Å². The number of benzene rings is 2. The van der Waals surface area contributed by atoms with Crippen molar-refractivity contribution in [1.29, 1.82) is 0 Å². The molecule has 0 aliphatic carbocycles. The van der Waals surface area contributed by atoms with Crippen molar-refractivity contribution in [3.63, 3.8) is 0 Å². The van der Waals surface area contributed by atoms with Crippen molar-refractivity contribution in [2.24, 2.45) is 5.92 Å². The standard InChI is InChI=1S/C22H27N5O2S/c1-23-30(28,29)26(2)16-17-10-13-27(14-11-17)22-24-12-9-21(25-22)20-8-7-18-5-3-4-6-19(18)15-20/h3-9,12,15,17,23H,10-11,13-14,16H2,1-2H3. The number of aromatic nitrogens is 2. The summed E-state index contributed by atoms with van der Waals surface area (Å²) in [6, 6.07) is 16.6. The van der Waals surface area contributed by atoms with Gasteiger partial charge in [-0.05, 0) is 41.7 Å². The Morgan fingerprint density at radius 2 is 1.83 bits per heavy atom. The highest BCUT2D eigenvalue weighted by Crippen LogP contribution is 2.26. The summed E-state index contributed by atoms with van der Waals surface area (Å²) >= 11 is 0. The third-order valence-electron chi connectivity index (χ3n) is 5.77. The summed E-state index contributed by atoms with van der Waals surface area (Å²) < 4.78 is 27.6. The molecule has 0 saturated carbocycles. The summed E-state index contributed by atoms with van der Waals surface area (Å²) in [4.78, 5) is 11.5. The van der Waals surface area contributed by atoms with Gasteiger partial charge in [0.15, 0.2) is 0 Å². The van der Waals surface area contributed by atoms with Crippen LogP contribution in [-0.2, 0) is 10.2 Å². The maximum atomic E-state index is 11.9. The number of nitrogens with zero attached hydrogens (tertiary/aromatic N) is 4. The first-order valence-electron chi connectivity index (χ1n) is 10.2. The fraction of sp³-hybridized carbons (Fsp3) is 0.364. The summed E-state index contributed by atoms with van der Waals surface area (Å²) in [6.07, 6.45) is 3.63. The van der Waals surface area contributed by atoms with E-state index in [0.717, 1.165) is 43.1 Å². The van der Waals surface area contributed by atoms with Crippen LogP contribution in [0.5, 0.6) is 0 Å². The summed E-state index contributed by atoms with van der Waals surface area (Å²) in [5, 5.41) is 2.40. The maximum absolute atomic E-state index is 11.9. The van der Waals surface area contributed by atoms with Crippen LogP contribution in [0.2, 0.25) is 0 Å². The van der Waals surface area contributed by atoms with E-state index in [1.807, 2.05) is 24.4 Å². The van der Waals surface area contributed by atoms with Gasteiger partial charge in [-0.2, -0.15) is 12.7 Å². The zero-order valence-corrected chi connectivity index (χ0v) is 18.1. The van der Waals surface area contributed by atoms with Crippen LogP contribution in [0.15, 0.2) is 54.7 Å². The molecule has 8 heteroatoms. The Morgan fingerprint density at radius 1 is 1.10 bits per heavy atom. The highest BCUT2D eigenvalue weighted by atomic mass is 32.2. The molecule has 1 aliphatic rings. The van der Waals surface area contributed by atoms with Crippen LogP contribution in [0.4, 0.5) is 5.95 Å². The van der Waals surface area contributed by atoms with Gasteiger partial charge < -0.3 is 4.90 Å². The zero-order chi connectivity index (χ0) is 21.1. The number of anilines is 1. The molecule has 7 nitrogen and oxygen atoms in total. The zero-order valence-electron chi connectivity index (χ0n) is 17.3. The Hall–Kier alpha value is -2.55. The van der Waals surface area contributed by atoms with E-state index in [-0.39, 0.29) is 0 Å². The molecule has 0 atom stereocenters. The second-order valence-corrected chi connectivity index (χ2v) is 9.71. The van der Waals surface area contributed by atoms with Crippen LogP contribution in [0, 0.1) is 5.92 Å². The van der Waals surface area contributed by atoms with Crippen molar-refractivity contribution in [1.82, 2.24) is 19.0 Å². The predicted octanol–water partition coefficient (Wildman–Crippen LogP) is 2.91. The van der Waals surface area contributed by atoms with Gasteiger partial charge in [0, 0.05) is 45.5 Å². The van der Waals surface area contributed by atoms with E-state index in [2.05, 4.69) is 44.9 Å². The topological polar surface area (TPSA) is 78.4 Å². The van der Waals surface area contributed by atoms with Gasteiger partial charge in [-0.15, -0.1) is 0 Å². The van der Waals surface area contributed by atoms with Gasteiger partial charge in [-0.25, -0.2) is 14.7 Å². The number of rotatable bonds is 6. The Kier molecular flexibility index (Phi) is 5.99. The largest absolute Gasteiger partial charge is 0.341 e. The molecule has 2 heterocycles. The average Bonchev–Trinajstić information content (AvgIpc) is 2.79. The number of piperidine rings is 1. The molecule has 0 spiro atoms. The lowest BCUT2D eigenvalue weighted by atomic mass is 9.97. The van der Waals surface area contributed by atoms with Gasteiger partial charge in [0.1, 0.15) is 0 Å². The molecular weight excluding hydrogens is 398 g/mol. The second-order valence-electron chi connectivity index (χ2n) is 7.72. The number of hydrogen-bond donors (Lipinski definition) is 1. The van der Waals surface area contributed by atoms with Crippen molar-refractivity contribution in [2.75, 3.05) is 38.6 Å². The van der Waals surface area contributed by atoms with E-state index in [0.29, 0.717) is 12.5 Å². The van der Waals surface area contributed by atoms with Gasteiger partial charge in [0.05, 0.1) is 5.69 Å². The smallest absolute Gasteiger partial charge is 0.278 e. The van der Waals surface area contributed by atoms with Crippen LogP contribution < -0.4 is 9.62 Å². The minimum atomic E-state index is -3.37. The molecule has 1 aliphatic heterocycles. The van der Waals surface area contributed by atoms with Crippen LogP contribution in [0.25, 0.3) is 22.0 Å². The molecule has 0 bridgehead atoms. The van der Waals surface area contributed by atoms with E-state index < -0.39 is 10.2 Å². The fourth-order valence-corrected chi connectivity index (χ4v) is 4.66. The van der Waals surface area contributed by atoms with Crippen LogP contribution in [-0.4, -0.2) is 56.4 Å². The molecule has 0 amide bonds. The van der Waals surface area contributed by atoms with E-state index in [1.165, 1.54) is 22.1 Å². The average molecular weight is 426 g/mol. The highest BCUT2D eigenvalue weighted by Gasteiger charge is 2.25. The fourth-order valence-electron chi connectivity index (χ4n) is 3.94. The number of fused-ring (bicyclic) bond motifs is 1. The monoisotopic (exact) mass is 425 g/mol. The van der Waals surface area contributed by atoms with Crippen LogP contribution in [0.3, 0.4) is 0 Å². The minimum Gasteiger partial charge on any atom is -0.341 e. The van der Waals surface area contributed by atoms with Gasteiger partial charge in [-0.1, -0.05) is 36.4 Å². The van der Waals surface area contributed by atoms with E-state index in [9.17, 15) is 8.42 Å². The maximum Gasteiger partial charge on any atom is 0.278 e. The van der Waals surface area contributed by atoms with E-state index >= 15 is 0 Å². The molecule has 0 unspecified atom stereocenters. The molecule has 1 N–H and O–H groups in total. The highest BCUT2D eigenvalue weighted by molar-refractivity contribution is 7.87. The van der Waals surface area contributed by atoms with Crippen LogP contribution in [0.1, 0.15) is 12.8 Å². The molecule has 1 fully saturated rings. The van der Waals surface area contributed by atoms with E-state index in [4.69, 9.17) is 4.98 Å². The predicted molar refractivity (Wildman–Crippen MR) is 121 cm³/mol. The molecule has 4 rings (SSSR count). The lowest BCUT2D eigenvalue weighted by Gasteiger charge is -2.33. The molecule has 0 radical (unpaired) electrons. The number of nitrogens with one attached hydrogen (secondary N) is 1. The Balaban J connectivity index is 1.44. The number of hydrogen-bond acceptors (Lipinski definition) is 5. The van der Waals surface area contributed by atoms with Crippen molar-refractivity contribution in [3.8, 4) is 11.3 Å². The lowest BCUT2D eigenvalue weighted by Crippen LogP contribution is -2.42. The van der Waals surface area contributed by atoms with Gasteiger partial charge >= 0.3 is 0 Å². The third kappa shape index (κ3) is 4.45.